The number of hydrogen-bond acceptors (Lipinski definition) is 18. The number of carbonyl (C=O) groups excluding carboxylic acids is 1. The lowest BCUT2D eigenvalue weighted by Gasteiger charge is -2.28. The summed E-state index contributed by atoms with van der Waals surface area (Å²) in [6.45, 7) is -0.605. The fourth-order valence-corrected chi connectivity index (χ4v) is 7.78. The van der Waals surface area contributed by atoms with Crippen molar-refractivity contribution >= 4 is 55.7 Å². The van der Waals surface area contributed by atoms with Crippen LogP contribution in [0.1, 0.15) is 19.4 Å². The van der Waals surface area contributed by atoms with Gasteiger partial charge in [-0.1, -0.05) is 0 Å². The van der Waals surface area contributed by atoms with Crippen LogP contribution in [0.25, 0.3) is 22.3 Å². The monoisotopic (exact) mass is 716 g/mol. The van der Waals surface area contributed by atoms with Gasteiger partial charge in [-0.05, 0) is 6.92 Å². The first kappa shape index (κ1) is 32.6. The molecule has 0 radical (unpaired) electrons. The number of hydrogen-bond donors (Lipinski definition) is 7. The zero-order chi connectivity index (χ0) is 34.3. The van der Waals surface area contributed by atoms with E-state index < -0.39 is 94.7 Å². The van der Waals surface area contributed by atoms with Gasteiger partial charge in [0.1, 0.15) is 42.5 Å². The van der Waals surface area contributed by atoms with E-state index in [2.05, 4.69) is 29.9 Å². The van der Waals surface area contributed by atoms with Crippen molar-refractivity contribution in [3.05, 3.63) is 33.4 Å². The zero-order valence-electron chi connectivity index (χ0n) is 24.3. The summed E-state index contributed by atoms with van der Waals surface area (Å²) in [4.78, 5) is 79.5. The number of aliphatic hydroxyl groups is 1. The Balaban J connectivity index is 1.21. The predicted octanol–water partition coefficient (Wildman–Crippen LogP) is -2.20. The van der Waals surface area contributed by atoms with Gasteiger partial charge in [-0.2, -0.15) is 9.97 Å². The number of nitrogen functional groups attached to an aromatic ring is 2. The van der Waals surface area contributed by atoms with Gasteiger partial charge in [0.15, 0.2) is 28.6 Å². The molecule has 0 bridgehead atoms. The number of nitrogens with zero attached hydrogens (tertiary/aromatic N) is 6. The average Bonchev–Trinajstić information content (AvgIpc) is 3.75. The van der Waals surface area contributed by atoms with E-state index in [1.807, 2.05) is 0 Å². The topological polar surface area (TPSA) is 346 Å². The molecule has 4 aromatic rings. The van der Waals surface area contributed by atoms with Crippen molar-refractivity contribution in [2.75, 3.05) is 24.7 Å². The molecule has 0 amide bonds. The van der Waals surface area contributed by atoms with E-state index in [9.17, 15) is 38.4 Å². The first-order valence-electron chi connectivity index (χ1n) is 13.9. The van der Waals surface area contributed by atoms with Crippen LogP contribution in [-0.4, -0.2) is 103 Å². The molecule has 7 rings (SSSR count). The number of phosphoric ester groups is 2. The van der Waals surface area contributed by atoms with Gasteiger partial charge in [-0.3, -0.25) is 51.6 Å². The second-order valence-corrected chi connectivity index (χ2v) is 13.8. The van der Waals surface area contributed by atoms with Crippen LogP contribution in [0, 0.1) is 5.92 Å². The highest BCUT2D eigenvalue weighted by Gasteiger charge is 2.55. The van der Waals surface area contributed by atoms with Crippen molar-refractivity contribution in [3.63, 3.8) is 0 Å². The molecular weight excluding hydrogens is 690 g/mol. The van der Waals surface area contributed by atoms with Gasteiger partial charge in [0.05, 0.1) is 31.8 Å². The summed E-state index contributed by atoms with van der Waals surface area (Å²) >= 11 is 0. The maximum Gasteiger partial charge on any atom is 0.472 e. The highest BCUT2D eigenvalue weighted by atomic mass is 31.2. The van der Waals surface area contributed by atoms with Gasteiger partial charge in [0.25, 0.3) is 11.1 Å². The predicted molar refractivity (Wildman–Crippen MR) is 154 cm³/mol. The Morgan fingerprint density at radius 1 is 0.854 bits per heavy atom. The lowest BCUT2D eigenvalue weighted by atomic mass is 9.96. The number of Topliss-reactive ketones (excluding diaryl/α,β-unsaturated/α-hetero) is 1. The fourth-order valence-electron chi connectivity index (χ4n) is 5.85. The molecule has 0 aromatic carbocycles. The molecule has 3 aliphatic heterocycles. The number of nitrogens with one attached hydrogen (secondary N) is 2. The second-order valence-electron chi connectivity index (χ2n) is 11.0. The molecular formula is C22H26N10O14P2. The average molecular weight is 716 g/mol. The second kappa shape index (κ2) is 11.6. The minimum Gasteiger partial charge on any atom is -0.386 e. The van der Waals surface area contributed by atoms with E-state index in [-0.39, 0.29) is 34.2 Å². The van der Waals surface area contributed by atoms with Gasteiger partial charge < -0.3 is 35.8 Å². The highest BCUT2D eigenvalue weighted by molar-refractivity contribution is 7.47. The Morgan fingerprint density at radius 2 is 1.31 bits per heavy atom. The number of ether oxygens (including phenoxy) is 2. The van der Waals surface area contributed by atoms with Crippen molar-refractivity contribution in [2.24, 2.45) is 5.92 Å². The molecule has 26 heteroatoms. The number of H-pyrrole nitrogens is 2. The number of nitrogens with two attached hydrogens (primary N) is 2. The van der Waals surface area contributed by atoms with E-state index in [1.165, 1.54) is 4.57 Å². The molecule has 4 unspecified atom stereocenters. The standard InChI is InChI=1S/C22H26N10O14P2/c1-6(33)9-13-7(43-19(9)31-4-25-10-15(31)27-21(23)29-17(10)35)2-41-48(39,40)46-14-8(3-42-47(37,38)45-13)44-20(12(14)34)32-5-26-11-16(32)28-22(24)30-18(11)36/h4-5,7-9,12-14,19-20,34H,2-3H2,1H3,(H,37,38)(H,39,40)(H3,23,27,29,35)(H3,24,28,30,36)/t7-,8-,9+,12?,13?,14+,19-,20-/m1/s1. The number of aromatic amines is 2. The summed E-state index contributed by atoms with van der Waals surface area (Å²) in [5, 5.41) is 11.2. The van der Waals surface area contributed by atoms with Crippen LogP contribution >= 0.6 is 15.6 Å². The summed E-state index contributed by atoms with van der Waals surface area (Å²) < 4.78 is 61.6. The number of phosphoric acid groups is 2. The van der Waals surface area contributed by atoms with Gasteiger partial charge in [0, 0.05) is 0 Å². The van der Waals surface area contributed by atoms with Crippen LogP contribution in [0.4, 0.5) is 11.9 Å². The Kier molecular flexibility index (Phi) is 7.88. The number of aliphatic hydroxyl groups excluding tert-OH is 1. The molecule has 10 atom stereocenters. The molecule has 3 saturated heterocycles. The van der Waals surface area contributed by atoms with Crippen LogP contribution in [-0.2, 0) is 41.5 Å². The fraction of sp³-hybridized carbons (Fsp3) is 0.500. The van der Waals surface area contributed by atoms with Crippen LogP contribution in [0.15, 0.2) is 22.2 Å². The number of fused-ring (bicyclic) bond motifs is 4. The molecule has 258 valence electrons. The van der Waals surface area contributed by atoms with Crippen LogP contribution < -0.4 is 22.6 Å². The third-order valence-electron chi connectivity index (χ3n) is 7.88. The lowest BCUT2D eigenvalue weighted by Crippen LogP contribution is -2.39. The third-order valence-corrected chi connectivity index (χ3v) is 9.85. The van der Waals surface area contributed by atoms with E-state index in [4.69, 9.17) is 39.0 Å². The summed E-state index contributed by atoms with van der Waals surface area (Å²) in [6, 6.07) is 0. The normalized spacial score (nSPS) is 36.0. The molecule has 3 fully saturated rings. The molecule has 0 aliphatic carbocycles. The number of aromatic nitrogens is 8. The van der Waals surface area contributed by atoms with Crippen molar-refractivity contribution in [2.45, 2.75) is 49.9 Å². The van der Waals surface area contributed by atoms with Crippen LogP contribution in [0.5, 0.6) is 0 Å². The summed E-state index contributed by atoms with van der Waals surface area (Å²) in [5.74, 6) is -2.61. The first-order valence-corrected chi connectivity index (χ1v) is 16.9. The zero-order valence-corrected chi connectivity index (χ0v) is 26.0. The number of anilines is 2. The van der Waals surface area contributed by atoms with Crippen LogP contribution in [0.3, 0.4) is 0 Å². The molecule has 7 heterocycles. The lowest BCUT2D eigenvalue weighted by molar-refractivity contribution is -0.126. The summed E-state index contributed by atoms with van der Waals surface area (Å²) in [6.07, 6.45) is -8.91. The number of rotatable bonds is 3. The maximum atomic E-state index is 13.3. The molecule has 0 spiro atoms. The largest absolute Gasteiger partial charge is 0.472 e. The Bertz CT molecular complexity index is 2150. The minimum absolute atomic E-state index is 0.105. The molecule has 24 nitrogen and oxygen atoms in total. The Morgan fingerprint density at radius 3 is 1.83 bits per heavy atom. The van der Waals surface area contributed by atoms with Crippen LogP contribution in [0.2, 0.25) is 0 Å². The number of imidazole rings is 2. The molecule has 0 saturated carbocycles. The quantitative estimate of drug-likeness (QED) is 0.111. The molecule has 4 aromatic heterocycles. The van der Waals surface area contributed by atoms with Crippen molar-refractivity contribution in [1.82, 2.24) is 39.0 Å². The molecule has 3 aliphatic rings. The van der Waals surface area contributed by atoms with E-state index in [0.717, 1.165) is 24.1 Å². The van der Waals surface area contributed by atoms with Crippen molar-refractivity contribution in [3.8, 4) is 0 Å². The van der Waals surface area contributed by atoms with E-state index >= 15 is 0 Å². The van der Waals surface area contributed by atoms with E-state index in [1.54, 1.807) is 0 Å². The number of carbonyl (C=O) groups is 1. The third kappa shape index (κ3) is 5.65. The van der Waals surface area contributed by atoms with Gasteiger partial charge in [-0.25, -0.2) is 19.1 Å². The van der Waals surface area contributed by atoms with Crippen molar-refractivity contribution in [1.29, 1.82) is 0 Å². The number of ketones is 1. The maximum absolute atomic E-state index is 13.3. The Hall–Kier alpha value is -3.93. The SMILES string of the molecule is CC(=O)[C@H]1C2OP(=O)(O)OC[C@H]3O[C@@H](n4cnc5c(=O)[nH]c(N)nc54)C(O)[C@H]3OP(=O)(O)OC[C@H]2O[C@H]1n1cnc2c(=O)[nH]c(N)nc21. The van der Waals surface area contributed by atoms with Gasteiger partial charge in [0.2, 0.25) is 11.9 Å². The molecule has 9 N–H and O–H groups in total. The summed E-state index contributed by atoms with van der Waals surface area (Å²) in [5.41, 5.74) is 9.36. The van der Waals surface area contributed by atoms with E-state index in [0.29, 0.717) is 0 Å². The smallest absolute Gasteiger partial charge is 0.386 e. The Labute approximate surface area is 265 Å². The summed E-state index contributed by atoms with van der Waals surface area (Å²) in [7, 11) is -10.3. The van der Waals surface area contributed by atoms with Gasteiger partial charge >= 0.3 is 15.6 Å². The first-order chi connectivity index (χ1) is 22.6. The molecule has 48 heavy (non-hydrogen) atoms. The highest BCUT2D eigenvalue weighted by Crippen LogP contribution is 2.54. The minimum atomic E-state index is -5.13. The van der Waals surface area contributed by atoms with Gasteiger partial charge in [-0.15, -0.1) is 0 Å². The van der Waals surface area contributed by atoms with Crippen molar-refractivity contribution < 1.29 is 56.4 Å².